The van der Waals surface area contributed by atoms with Gasteiger partial charge in [0.05, 0.1) is 18.4 Å². The maximum atomic E-state index is 12.1. The molecular formula is C13H15N3OS. The fourth-order valence-electron chi connectivity index (χ4n) is 1.56. The number of anilines is 1. The van der Waals surface area contributed by atoms with Crippen molar-refractivity contribution in [1.82, 2.24) is 9.88 Å². The van der Waals surface area contributed by atoms with Crippen molar-refractivity contribution in [3.8, 4) is 0 Å². The molecule has 0 aromatic carbocycles. The summed E-state index contributed by atoms with van der Waals surface area (Å²) in [6, 6.07) is 7.55. The van der Waals surface area contributed by atoms with Gasteiger partial charge in [0.2, 0.25) is 0 Å². The van der Waals surface area contributed by atoms with Gasteiger partial charge in [-0.25, -0.2) is 4.79 Å². The summed E-state index contributed by atoms with van der Waals surface area (Å²) in [6.45, 7) is 3.28. The quantitative estimate of drug-likeness (QED) is 0.918. The number of nitrogens with zero attached hydrogens (tertiary/aromatic N) is 2. The minimum Gasteiger partial charge on any atom is -0.320 e. The highest BCUT2D eigenvalue weighted by atomic mass is 32.1. The number of pyridine rings is 1. The number of thiophene rings is 1. The van der Waals surface area contributed by atoms with Gasteiger partial charge in [-0.2, -0.15) is 0 Å². The summed E-state index contributed by atoms with van der Waals surface area (Å²) in [4.78, 5) is 19.0. The van der Waals surface area contributed by atoms with Gasteiger partial charge < -0.3 is 10.2 Å². The maximum Gasteiger partial charge on any atom is 0.322 e. The van der Waals surface area contributed by atoms with Crippen LogP contribution in [0, 0.1) is 0 Å². The molecule has 0 aliphatic carbocycles. The number of urea groups is 1. The molecule has 4 nitrogen and oxygen atoms in total. The zero-order valence-corrected chi connectivity index (χ0v) is 11.0. The second kappa shape index (κ2) is 6.16. The normalized spacial score (nSPS) is 10.1. The molecule has 0 fully saturated rings. The minimum absolute atomic E-state index is 0.0982. The molecule has 5 heteroatoms. The number of rotatable bonds is 4. The standard InChI is InChI=1S/C13H15N3OS/c1-2-16(10-12-6-4-8-18-12)13(17)15-11-5-3-7-14-9-11/h3-9H,2,10H2,1H3,(H,15,17). The Morgan fingerprint density at radius 2 is 2.33 bits per heavy atom. The lowest BCUT2D eigenvalue weighted by Crippen LogP contribution is -2.34. The molecule has 0 spiro atoms. The van der Waals surface area contributed by atoms with E-state index in [-0.39, 0.29) is 6.03 Å². The van der Waals surface area contributed by atoms with Gasteiger partial charge in [0.1, 0.15) is 0 Å². The van der Waals surface area contributed by atoms with Gasteiger partial charge in [-0.3, -0.25) is 4.98 Å². The Hall–Kier alpha value is -1.88. The van der Waals surface area contributed by atoms with E-state index in [1.807, 2.05) is 30.5 Å². The summed E-state index contributed by atoms with van der Waals surface area (Å²) in [6.07, 6.45) is 3.32. The van der Waals surface area contributed by atoms with E-state index in [1.165, 1.54) is 4.88 Å². The van der Waals surface area contributed by atoms with E-state index in [1.54, 1.807) is 34.7 Å². The van der Waals surface area contributed by atoms with Gasteiger partial charge in [-0.15, -0.1) is 11.3 Å². The Balaban J connectivity index is 1.98. The first kappa shape index (κ1) is 12.6. The van der Waals surface area contributed by atoms with Crippen LogP contribution in [0.25, 0.3) is 0 Å². The summed E-state index contributed by atoms with van der Waals surface area (Å²) in [5.41, 5.74) is 0.715. The Bertz CT molecular complexity index is 484. The number of carbonyl (C=O) groups excluding carboxylic acids is 1. The van der Waals surface area contributed by atoms with E-state index < -0.39 is 0 Å². The Morgan fingerprint density at radius 3 is 2.94 bits per heavy atom. The highest BCUT2D eigenvalue weighted by Gasteiger charge is 2.12. The SMILES string of the molecule is CCN(Cc1cccs1)C(=O)Nc1cccnc1. The fraction of sp³-hybridized carbons (Fsp3) is 0.231. The van der Waals surface area contributed by atoms with Crippen LogP contribution in [0.2, 0.25) is 0 Å². The van der Waals surface area contributed by atoms with Crippen molar-refractivity contribution >= 4 is 23.1 Å². The summed E-state index contributed by atoms with van der Waals surface area (Å²) < 4.78 is 0. The van der Waals surface area contributed by atoms with Gasteiger partial charge in [0, 0.05) is 17.6 Å². The van der Waals surface area contributed by atoms with E-state index in [4.69, 9.17) is 0 Å². The molecule has 18 heavy (non-hydrogen) atoms. The lowest BCUT2D eigenvalue weighted by atomic mass is 10.4. The van der Waals surface area contributed by atoms with Crippen LogP contribution in [0.5, 0.6) is 0 Å². The molecule has 0 bridgehead atoms. The van der Waals surface area contributed by atoms with E-state index in [0.717, 1.165) is 0 Å². The van der Waals surface area contributed by atoms with Gasteiger partial charge in [0.15, 0.2) is 0 Å². The molecule has 0 atom stereocenters. The number of carbonyl (C=O) groups is 1. The van der Waals surface area contributed by atoms with Gasteiger partial charge in [0.25, 0.3) is 0 Å². The number of nitrogens with one attached hydrogen (secondary N) is 1. The second-order valence-corrected chi connectivity index (χ2v) is 4.80. The third kappa shape index (κ3) is 3.30. The van der Waals surface area contributed by atoms with Crippen LogP contribution < -0.4 is 5.32 Å². The van der Waals surface area contributed by atoms with Gasteiger partial charge >= 0.3 is 6.03 Å². The highest BCUT2D eigenvalue weighted by molar-refractivity contribution is 7.09. The van der Waals surface area contributed by atoms with Crippen LogP contribution in [-0.4, -0.2) is 22.5 Å². The second-order valence-electron chi connectivity index (χ2n) is 3.77. The molecule has 94 valence electrons. The van der Waals surface area contributed by atoms with E-state index >= 15 is 0 Å². The predicted molar refractivity (Wildman–Crippen MR) is 73.7 cm³/mol. The maximum absolute atomic E-state index is 12.1. The molecule has 2 aromatic heterocycles. The molecule has 2 amide bonds. The van der Waals surface area contributed by atoms with E-state index in [9.17, 15) is 4.79 Å². The average molecular weight is 261 g/mol. The molecule has 0 saturated carbocycles. The zero-order valence-electron chi connectivity index (χ0n) is 10.2. The molecular weight excluding hydrogens is 246 g/mol. The lowest BCUT2D eigenvalue weighted by Gasteiger charge is -2.20. The molecule has 0 aliphatic rings. The fourth-order valence-corrected chi connectivity index (χ4v) is 2.28. The Morgan fingerprint density at radius 1 is 1.44 bits per heavy atom. The van der Waals surface area contributed by atoms with Crippen LogP contribution in [0.4, 0.5) is 10.5 Å². The van der Waals surface area contributed by atoms with Crippen molar-refractivity contribution in [3.05, 3.63) is 46.9 Å². The predicted octanol–water partition coefficient (Wildman–Crippen LogP) is 3.20. The van der Waals surface area contributed by atoms with E-state index in [2.05, 4.69) is 10.3 Å². The molecule has 0 unspecified atom stereocenters. The Labute approximate surface area is 110 Å². The average Bonchev–Trinajstić information content (AvgIpc) is 2.90. The van der Waals surface area contributed by atoms with Crippen molar-refractivity contribution in [2.45, 2.75) is 13.5 Å². The van der Waals surface area contributed by atoms with Gasteiger partial charge in [-0.1, -0.05) is 6.07 Å². The monoisotopic (exact) mass is 261 g/mol. The molecule has 0 saturated heterocycles. The third-order valence-corrected chi connectivity index (χ3v) is 3.37. The van der Waals surface area contributed by atoms with E-state index in [0.29, 0.717) is 18.8 Å². The molecule has 2 aromatic rings. The topological polar surface area (TPSA) is 45.2 Å². The molecule has 1 N–H and O–H groups in total. The van der Waals surface area contributed by atoms with Crippen molar-refractivity contribution in [3.63, 3.8) is 0 Å². The van der Waals surface area contributed by atoms with Crippen LogP contribution in [-0.2, 0) is 6.54 Å². The summed E-state index contributed by atoms with van der Waals surface area (Å²) in [5, 5.41) is 4.85. The Kier molecular flexibility index (Phi) is 4.30. The molecule has 0 radical (unpaired) electrons. The van der Waals surface area contributed by atoms with Crippen LogP contribution >= 0.6 is 11.3 Å². The van der Waals surface area contributed by atoms with Crippen LogP contribution in [0.3, 0.4) is 0 Å². The first-order valence-electron chi connectivity index (χ1n) is 5.78. The van der Waals surface area contributed by atoms with Crippen molar-refractivity contribution < 1.29 is 4.79 Å². The summed E-state index contributed by atoms with van der Waals surface area (Å²) in [5.74, 6) is 0. The first-order valence-corrected chi connectivity index (χ1v) is 6.66. The van der Waals surface area contributed by atoms with Crippen molar-refractivity contribution in [1.29, 1.82) is 0 Å². The summed E-state index contributed by atoms with van der Waals surface area (Å²) >= 11 is 1.66. The van der Waals surface area contributed by atoms with Crippen LogP contribution in [0.1, 0.15) is 11.8 Å². The third-order valence-electron chi connectivity index (χ3n) is 2.51. The van der Waals surface area contributed by atoms with Gasteiger partial charge in [-0.05, 0) is 30.5 Å². The first-order chi connectivity index (χ1) is 8.79. The number of aromatic nitrogens is 1. The minimum atomic E-state index is -0.0982. The lowest BCUT2D eigenvalue weighted by molar-refractivity contribution is 0.212. The van der Waals surface area contributed by atoms with Crippen molar-refractivity contribution in [2.75, 3.05) is 11.9 Å². The highest BCUT2D eigenvalue weighted by Crippen LogP contribution is 2.13. The number of hydrogen-bond acceptors (Lipinski definition) is 3. The smallest absolute Gasteiger partial charge is 0.320 e. The molecule has 2 rings (SSSR count). The molecule has 2 heterocycles. The van der Waals surface area contributed by atoms with Crippen LogP contribution in [0.15, 0.2) is 42.0 Å². The summed E-state index contributed by atoms with van der Waals surface area (Å²) in [7, 11) is 0. The largest absolute Gasteiger partial charge is 0.322 e. The molecule has 0 aliphatic heterocycles. The zero-order chi connectivity index (χ0) is 12.8. The number of amides is 2. The van der Waals surface area contributed by atoms with Crippen molar-refractivity contribution in [2.24, 2.45) is 0 Å². The number of hydrogen-bond donors (Lipinski definition) is 1.